The Morgan fingerprint density at radius 1 is 0.960 bits per heavy atom. The number of hydrogen-bond acceptors (Lipinski definition) is 4. The maximum atomic E-state index is 10.4. The molecule has 3 aromatic rings. The lowest BCUT2D eigenvalue weighted by Crippen LogP contribution is -2.46. The van der Waals surface area contributed by atoms with E-state index >= 15 is 0 Å². The number of aromatic hydroxyl groups is 1. The fourth-order valence-electron chi connectivity index (χ4n) is 3.46. The molecule has 4 rings (SSSR count). The SMILES string of the molecule is Oc1ccc2cc(Br)ccc2c1CN1CCN(c2ccncc2)CC1. The van der Waals surface area contributed by atoms with Crippen LogP contribution in [0.3, 0.4) is 0 Å². The first-order valence-corrected chi connectivity index (χ1v) is 9.27. The number of phenolic OH excluding ortho intramolecular Hbond substituents is 1. The number of aromatic nitrogens is 1. The van der Waals surface area contributed by atoms with Crippen molar-refractivity contribution < 1.29 is 5.11 Å². The zero-order valence-corrected chi connectivity index (χ0v) is 15.5. The van der Waals surface area contributed by atoms with Crippen molar-refractivity contribution in [1.29, 1.82) is 0 Å². The average molecular weight is 398 g/mol. The summed E-state index contributed by atoms with van der Waals surface area (Å²) in [6.45, 7) is 4.71. The molecule has 1 aromatic heterocycles. The van der Waals surface area contributed by atoms with Gasteiger partial charge >= 0.3 is 0 Å². The third-order valence-corrected chi connectivity index (χ3v) is 5.34. The number of fused-ring (bicyclic) bond motifs is 1. The van der Waals surface area contributed by atoms with Crippen LogP contribution in [0.1, 0.15) is 5.56 Å². The second-order valence-electron chi connectivity index (χ2n) is 6.40. The summed E-state index contributed by atoms with van der Waals surface area (Å²) >= 11 is 3.52. The normalized spacial score (nSPS) is 15.6. The van der Waals surface area contributed by atoms with Crippen molar-refractivity contribution in [3.63, 3.8) is 0 Å². The van der Waals surface area contributed by atoms with Crippen LogP contribution in [0.2, 0.25) is 0 Å². The molecule has 128 valence electrons. The van der Waals surface area contributed by atoms with Crippen LogP contribution >= 0.6 is 15.9 Å². The van der Waals surface area contributed by atoms with Gasteiger partial charge in [0.05, 0.1) is 0 Å². The first kappa shape index (κ1) is 16.4. The van der Waals surface area contributed by atoms with E-state index in [-0.39, 0.29) is 0 Å². The Balaban J connectivity index is 1.50. The molecule has 1 aliphatic rings. The Labute approximate surface area is 155 Å². The van der Waals surface area contributed by atoms with Crippen LogP contribution < -0.4 is 4.90 Å². The summed E-state index contributed by atoms with van der Waals surface area (Å²) in [5.41, 5.74) is 2.25. The zero-order valence-electron chi connectivity index (χ0n) is 13.9. The number of hydrogen-bond donors (Lipinski definition) is 1. The standard InChI is InChI=1S/C20H20BrN3O/c21-16-2-3-18-15(13-16)1-4-20(25)19(18)14-23-9-11-24(12-10-23)17-5-7-22-8-6-17/h1-8,13,25H,9-12,14H2. The fraction of sp³-hybridized carbons (Fsp3) is 0.250. The molecule has 0 spiro atoms. The van der Waals surface area contributed by atoms with Crippen LogP contribution in [0.15, 0.2) is 59.3 Å². The van der Waals surface area contributed by atoms with E-state index in [0.717, 1.165) is 53.5 Å². The highest BCUT2D eigenvalue weighted by Gasteiger charge is 2.19. The van der Waals surface area contributed by atoms with Gasteiger partial charge in [0.15, 0.2) is 0 Å². The molecule has 1 aliphatic heterocycles. The van der Waals surface area contributed by atoms with E-state index in [0.29, 0.717) is 5.75 Å². The Kier molecular flexibility index (Phi) is 4.59. The molecule has 1 fully saturated rings. The highest BCUT2D eigenvalue weighted by atomic mass is 79.9. The predicted molar refractivity (Wildman–Crippen MR) is 105 cm³/mol. The summed E-state index contributed by atoms with van der Waals surface area (Å²) in [4.78, 5) is 8.89. The van der Waals surface area contributed by atoms with Crippen LogP contribution in [0, 0.1) is 0 Å². The maximum Gasteiger partial charge on any atom is 0.120 e. The Hall–Kier alpha value is -2.11. The topological polar surface area (TPSA) is 39.6 Å². The summed E-state index contributed by atoms with van der Waals surface area (Å²) in [6, 6.07) is 14.1. The number of pyridine rings is 1. The molecule has 0 saturated carbocycles. The third kappa shape index (κ3) is 3.48. The molecule has 0 radical (unpaired) electrons. The summed E-state index contributed by atoms with van der Waals surface area (Å²) in [6.07, 6.45) is 3.68. The van der Waals surface area contributed by atoms with Crippen molar-refractivity contribution >= 4 is 32.4 Å². The molecular weight excluding hydrogens is 378 g/mol. The van der Waals surface area contributed by atoms with E-state index in [9.17, 15) is 5.11 Å². The minimum Gasteiger partial charge on any atom is -0.508 e. The van der Waals surface area contributed by atoms with Crippen molar-refractivity contribution in [2.45, 2.75) is 6.54 Å². The maximum absolute atomic E-state index is 10.4. The molecular formula is C20H20BrN3O. The van der Waals surface area contributed by atoms with Crippen LogP contribution in [0.5, 0.6) is 5.75 Å². The van der Waals surface area contributed by atoms with Gasteiger partial charge in [-0.05, 0) is 41.1 Å². The van der Waals surface area contributed by atoms with Crippen LogP contribution in [-0.4, -0.2) is 41.2 Å². The number of rotatable bonds is 3. The van der Waals surface area contributed by atoms with Gasteiger partial charge in [-0.15, -0.1) is 0 Å². The minimum absolute atomic E-state index is 0.381. The molecule has 4 nitrogen and oxygen atoms in total. The fourth-order valence-corrected chi connectivity index (χ4v) is 3.84. The van der Waals surface area contributed by atoms with Crippen LogP contribution in [-0.2, 0) is 6.54 Å². The smallest absolute Gasteiger partial charge is 0.120 e. The zero-order chi connectivity index (χ0) is 17.2. The Morgan fingerprint density at radius 3 is 2.48 bits per heavy atom. The minimum atomic E-state index is 0.381. The molecule has 25 heavy (non-hydrogen) atoms. The van der Waals surface area contributed by atoms with Crippen molar-refractivity contribution in [3.8, 4) is 5.75 Å². The van der Waals surface area contributed by atoms with E-state index < -0.39 is 0 Å². The van der Waals surface area contributed by atoms with E-state index in [2.05, 4.69) is 55.0 Å². The van der Waals surface area contributed by atoms with Gasteiger partial charge in [-0.3, -0.25) is 9.88 Å². The van der Waals surface area contributed by atoms with Crippen molar-refractivity contribution in [2.24, 2.45) is 0 Å². The largest absolute Gasteiger partial charge is 0.508 e. The number of piperazine rings is 1. The van der Waals surface area contributed by atoms with Gasteiger partial charge < -0.3 is 10.0 Å². The highest BCUT2D eigenvalue weighted by molar-refractivity contribution is 9.10. The molecule has 0 atom stereocenters. The quantitative estimate of drug-likeness (QED) is 0.724. The molecule has 1 N–H and O–H groups in total. The molecule has 0 unspecified atom stereocenters. The summed E-state index contributed by atoms with van der Waals surface area (Å²) in [5.74, 6) is 0.381. The van der Waals surface area contributed by atoms with Gasteiger partial charge in [-0.2, -0.15) is 0 Å². The van der Waals surface area contributed by atoms with E-state index in [4.69, 9.17) is 0 Å². The van der Waals surface area contributed by atoms with Crippen LogP contribution in [0.4, 0.5) is 5.69 Å². The number of phenols is 1. The van der Waals surface area contributed by atoms with E-state index in [1.807, 2.05) is 24.5 Å². The molecule has 2 heterocycles. The predicted octanol–water partition coefficient (Wildman–Crippen LogP) is 4.03. The van der Waals surface area contributed by atoms with E-state index in [1.54, 1.807) is 6.07 Å². The summed E-state index contributed by atoms with van der Waals surface area (Å²) in [5, 5.41) is 12.7. The average Bonchev–Trinajstić information content (AvgIpc) is 2.65. The molecule has 2 aromatic carbocycles. The van der Waals surface area contributed by atoms with Gasteiger partial charge in [0.2, 0.25) is 0 Å². The first-order valence-electron chi connectivity index (χ1n) is 8.48. The second-order valence-corrected chi connectivity index (χ2v) is 7.31. The molecule has 0 amide bonds. The third-order valence-electron chi connectivity index (χ3n) is 4.85. The van der Waals surface area contributed by atoms with Gasteiger partial charge in [0.25, 0.3) is 0 Å². The number of halogens is 1. The lowest BCUT2D eigenvalue weighted by molar-refractivity contribution is 0.247. The van der Waals surface area contributed by atoms with Gasteiger partial charge in [-0.1, -0.05) is 28.1 Å². The molecule has 0 aliphatic carbocycles. The van der Waals surface area contributed by atoms with Gasteiger partial charge in [-0.25, -0.2) is 0 Å². The van der Waals surface area contributed by atoms with E-state index in [1.165, 1.54) is 5.69 Å². The second kappa shape index (κ2) is 7.02. The van der Waals surface area contributed by atoms with Gasteiger partial charge in [0.1, 0.15) is 5.75 Å². The summed E-state index contributed by atoms with van der Waals surface area (Å²) in [7, 11) is 0. The summed E-state index contributed by atoms with van der Waals surface area (Å²) < 4.78 is 1.06. The van der Waals surface area contributed by atoms with Crippen LogP contribution in [0.25, 0.3) is 10.8 Å². The lowest BCUT2D eigenvalue weighted by Gasteiger charge is -2.36. The number of benzene rings is 2. The van der Waals surface area contributed by atoms with Crippen molar-refractivity contribution in [2.75, 3.05) is 31.1 Å². The number of nitrogens with zero attached hydrogens (tertiary/aromatic N) is 3. The van der Waals surface area contributed by atoms with Crippen molar-refractivity contribution in [1.82, 2.24) is 9.88 Å². The first-order chi connectivity index (χ1) is 12.2. The van der Waals surface area contributed by atoms with Crippen molar-refractivity contribution in [3.05, 3.63) is 64.9 Å². The highest BCUT2D eigenvalue weighted by Crippen LogP contribution is 2.30. The molecule has 5 heteroatoms. The molecule has 0 bridgehead atoms. The number of anilines is 1. The lowest BCUT2D eigenvalue weighted by atomic mass is 10.0. The van der Waals surface area contributed by atoms with Gasteiger partial charge in [0, 0.05) is 60.8 Å². The Morgan fingerprint density at radius 2 is 1.72 bits per heavy atom. The monoisotopic (exact) mass is 397 g/mol. The molecule has 1 saturated heterocycles. The Bertz CT molecular complexity index is 877.